The van der Waals surface area contributed by atoms with Crippen LogP contribution in [0.4, 0.5) is 5.88 Å². The Morgan fingerprint density at radius 1 is 0.971 bits per heavy atom. The molecule has 0 saturated heterocycles. The Kier molecular flexibility index (Phi) is 7.64. The topological polar surface area (TPSA) is 47.7 Å². The third-order valence-corrected chi connectivity index (χ3v) is 6.66. The minimum atomic E-state index is -0.0670. The van der Waals surface area contributed by atoms with Gasteiger partial charge in [0.25, 0.3) is 0 Å². The molecule has 0 fully saturated rings. The lowest BCUT2D eigenvalue weighted by atomic mass is 9.96. The zero-order valence-electron chi connectivity index (χ0n) is 21.7. The van der Waals surface area contributed by atoms with Gasteiger partial charge >= 0.3 is 0 Å². The largest absolute Gasteiger partial charge is 0.492 e. The van der Waals surface area contributed by atoms with Crippen LogP contribution in [0.25, 0.3) is 11.1 Å². The van der Waals surface area contributed by atoms with Gasteiger partial charge in [-0.3, -0.25) is 0 Å². The fourth-order valence-corrected chi connectivity index (χ4v) is 4.62. The van der Waals surface area contributed by atoms with Gasteiger partial charge in [0.15, 0.2) is 11.5 Å². The van der Waals surface area contributed by atoms with Crippen LogP contribution in [0.5, 0.6) is 0 Å². The molecule has 0 saturated carbocycles. The van der Waals surface area contributed by atoms with Crippen LogP contribution in [0.15, 0.2) is 76.3 Å². The summed E-state index contributed by atoms with van der Waals surface area (Å²) < 4.78 is 18.2. The normalized spacial score (nSPS) is 15.9. The number of hydrogen-bond acceptors (Lipinski definition) is 5. The van der Waals surface area contributed by atoms with Crippen molar-refractivity contribution >= 4 is 5.88 Å². The second-order valence-electron chi connectivity index (χ2n) is 8.89. The van der Waals surface area contributed by atoms with Crippen LogP contribution < -0.4 is 4.90 Å². The monoisotopic (exact) mass is 472 g/mol. The van der Waals surface area contributed by atoms with E-state index in [-0.39, 0.29) is 6.04 Å². The van der Waals surface area contributed by atoms with Crippen molar-refractivity contribution in [1.29, 1.82) is 0 Å². The fourth-order valence-electron chi connectivity index (χ4n) is 4.62. The number of ether oxygens (including phenoxy) is 2. The lowest BCUT2D eigenvalue weighted by Gasteiger charge is -2.36. The standard InChI is InChI=1S/C30H36N2O3/c1-7-24-17-23(15-16-27(24)25-13-11-10-12-14-25)19-34-28-18-26(8-2)32(22(6)29(28)33-9-3)30-20(4)21(5)31-35-30/h10-18,22H,7-9,19H2,1-6H3. The van der Waals surface area contributed by atoms with Crippen molar-refractivity contribution in [2.75, 3.05) is 11.5 Å². The van der Waals surface area contributed by atoms with E-state index in [2.05, 4.69) is 85.4 Å². The molecule has 4 rings (SSSR count). The number of aryl methyl sites for hydroxylation is 2. The Morgan fingerprint density at radius 2 is 1.74 bits per heavy atom. The molecule has 1 unspecified atom stereocenters. The van der Waals surface area contributed by atoms with Crippen LogP contribution in [0.2, 0.25) is 0 Å². The molecule has 0 N–H and O–H groups in total. The van der Waals surface area contributed by atoms with E-state index in [1.165, 1.54) is 16.7 Å². The molecule has 5 nitrogen and oxygen atoms in total. The average Bonchev–Trinajstić information content (AvgIpc) is 3.22. The highest BCUT2D eigenvalue weighted by atomic mass is 16.5. The highest BCUT2D eigenvalue weighted by molar-refractivity contribution is 5.67. The third-order valence-electron chi connectivity index (χ3n) is 6.66. The summed E-state index contributed by atoms with van der Waals surface area (Å²) in [4.78, 5) is 2.18. The maximum atomic E-state index is 6.41. The van der Waals surface area contributed by atoms with Crippen LogP contribution in [0, 0.1) is 13.8 Å². The zero-order valence-corrected chi connectivity index (χ0v) is 21.7. The fraction of sp³-hybridized carbons (Fsp3) is 0.367. The quantitative estimate of drug-likeness (QED) is 0.323. The van der Waals surface area contributed by atoms with Gasteiger partial charge in [0.05, 0.1) is 18.3 Å². The summed E-state index contributed by atoms with van der Waals surface area (Å²) in [5.74, 6) is 2.37. The van der Waals surface area contributed by atoms with E-state index in [4.69, 9.17) is 14.0 Å². The first kappa shape index (κ1) is 24.6. The maximum Gasteiger partial charge on any atom is 0.235 e. The SMILES string of the molecule is CCOC1=C(OCc2ccc(-c3ccccc3)c(CC)c2)C=C(CC)N(c2onc(C)c2C)C1C. The summed E-state index contributed by atoms with van der Waals surface area (Å²) >= 11 is 0. The second kappa shape index (κ2) is 10.9. The van der Waals surface area contributed by atoms with Crippen molar-refractivity contribution in [3.8, 4) is 11.1 Å². The molecular weight excluding hydrogens is 436 g/mol. The van der Waals surface area contributed by atoms with Crippen molar-refractivity contribution in [2.45, 2.75) is 67.0 Å². The van der Waals surface area contributed by atoms with E-state index in [0.717, 1.165) is 52.8 Å². The smallest absolute Gasteiger partial charge is 0.235 e. The molecule has 0 radical (unpaired) electrons. The van der Waals surface area contributed by atoms with Gasteiger partial charge in [0.2, 0.25) is 5.88 Å². The molecule has 1 aliphatic heterocycles. The molecular formula is C30H36N2O3. The van der Waals surface area contributed by atoms with E-state index in [1.807, 2.05) is 20.8 Å². The van der Waals surface area contributed by atoms with Gasteiger partial charge in [0.1, 0.15) is 6.61 Å². The number of anilines is 1. The number of hydrogen-bond donors (Lipinski definition) is 0. The third kappa shape index (κ3) is 5.00. The molecule has 2 aromatic carbocycles. The molecule has 2 heterocycles. The van der Waals surface area contributed by atoms with E-state index in [1.54, 1.807) is 0 Å². The number of aromatic nitrogens is 1. The molecule has 1 aliphatic rings. The van der Waals surface area contributed by atoms with Gasteiger partial charge in [-0.05, 0) is 62.8 Å². The predicted octanol–water partition coefficient (Wildman–Crippen LogP) is 7.49. The summed E-state index contributed by atoms with van der Waals surface area (Å²) in [5, 5.41) is 4.17. The number of rotatable bonds is 9. The van der Waals surface area contributed by atoms with Crippen molar-refractivity contribution in [1.82, 2.24) is 5.16 Å². The molecule has 0 bridgehead atoms. The number of nitrogens with zero attached hydrogens (tertiary/aromatic N) is 2. The van der Waals surface area contributed by atoms with E-state index in [9.17, 15) is 0 Å². The molecule has 184 valence electrons. The van der Waals surface area contributed by atoms with Gasteiger partial charge in [-0.15, -0.1) is 0 Å². The van der Waals surface area contributed by atoms with E-state index < -0.39 is 0 Å². The maximum absolute atomic E-state index is 6.41. The Labute approximate surface area is 209 Å². The molecule has 1 atom stereocenters. The molecule has 5 heteroatoms. The Morgan fingerprint density at radius 3 is 2.37 bits per heavy atom. The van der Waals surface area contributed by atoms with E-state index in [0.29, 0.717) is 13.2 Å². The lowest BCUT2D eigenvalue weighted by molar-refractivity contribution is 0.145. The minimum Gasteiger partial charge on any atom is -0.492 e. The molecule has 1 aromatic heterocycles. The van der Waals surface area contributed by atoms with Crippen LogP contribution in [-0.4, -0.2) is 17.8 Å². The Hall–Kier alpha value is -3.47. The summed E-state index contributed by atoms with van der Waals surface area (Å²) in [6, 6.07) is 17.1. The Balaban J connectivity index is 1.61. The average molecular weight is 473 g/mol. The van der Waals surface area contributed by atoms with Crippen LogP contribution in [0.1, 0.15) is 56.5 Å². The van der Waals surface area contributed by atoms with Crippen LogP contribution in [0.3, 0.4) is 0 Å². The molecule has 0 aliphatic carbocycles. The second-order valence-corrected chi connectivity index (χ2v) is 8.89. The van der Waals surface area contributed by atoms with Crippen LogP contribution >= 0.6 is 0 Å². The molecule has 35 heavy (non-hydrogen) atoms. The zero-order chi connectivity index (χ0) is 24.9. The highest BCUT2D eigenvalue weighted by Crippen LogP contribution is 2.37. The summed E-state index contributed by atoms with van der Waals surface area (Å²) in [6.07, 6.45) is 3.88. The summed E-state index contributed by atoms with van der Waals surface area (Å²) in [7, 11) is 0. The Bertz CT molecular complexity index is 1220. The molecule has 3 aromatic rings. The number of allylic oxidation sites excluding steroid dienone is 2. The van der Waals surface area contributed by atoms with Gasteiger partial charge < -0.3 is 18.9 Å². The number of benzene rings is 2. The first-order valence-corrected chi connectivity index (χ1v) is 12.6. The van der Waals surface area contributed by atoms with Gasteiger partial charge in [-0.2, -0.15) is 0 Å². The van der Waals surface area contributed by atoms with Gasteiger partial charge in [0, 0.05) is 17.3 Å². The summed E-state index contributed by atoms with van der Waals surface area (Å²) in [5.41, 5.74) is 8.04. The first-order valence-electron chi connectivity index (χ1n) is 12.6. The van der Waals surface area contributed by atoms with Gasteiger partial charge in [-0.25, -0.2) is 0 Å². The molecule has 0 amide bonds. The van der Waals surface area contributed by atoms with Crippen molar-refractivity contribution in [2.24, 2.45) is 0 Å². The minimum absolute atomic E-state index is 0.0670. The van der Waals surface area contributed by atoms with Crippen molar-refractivity contribution in [3.63, 3.8) is 0 Å². The van der Waals surface area contributed by atoms with Crippen molar-refractivity contribution < 1.29 is 14.0 Å². The van der Waals surface area contributed by atoms with E-state index >= 15 is 0 Å². The highest BCUT2D eigenvalue weighted by Gasteiger charge is 2.33. The first-order chi connectivity index (χ1) is 17.0. The molecule has 0 spiro atoms. The lowest BCUT2D eigenvalue weighted by Crippen LogP contribution is -2.38. The van der Waals surface area contributed by atoms with Gasteiger partial charge in [-0.1, -0.05) is 67.5 Å². The predicted molar refractivity (Wildman–Crippen MR) is 141 cm³/mol. The van der Waals surface area contributed by atoms with Crippen molar-refractivity contribution in [3.05, 3.63) is 94.2 Å². The summed E-state index contributed by atoms with van der Waals surface area (Å²) in [6.45, 7) is 13.5. The van der Waals surface area contributed by atoms with Crippen LogP contribution in [-0.2, 0) is 22.5 Å².